The maximum absolute atomic E-state index is 4.41. The Kier molecular flexibility index (Phi) is 2.91. The molecule has 0 saturated carbocycles. The molecule has 2 aromatic rings. The van der Waals surface area contributed by atoms with Gasteiger partial charge in [0.2, 0.25) is 0 Å². The summed E-state index contributed by atoms with van der Waals surface area (Å²) in [7, 11) is 4.08. The number of hydrogen-bond acceptors (Lipinski definition) is 2. The fourth-order valence-electron chi connectivity index (χ4n) is 1.57. The number of hydrogen-bond donors (Lipinski definition) is 0. The minimum Gasteiger partial charge on any atom is -0.378 e. The van der Waals surface area contributed by atoms with Crippen molar-refractivity contribution in [3.05, 3.63) is 48.2 Å². The molecule has 0 aliphatic carbocycles. The molecule has 1 heterocycles. The van der Waals surface area contributed by atoms with Crippen LogP contribution in [0.25, 0.3) is 11.3 Å². The number of nitrogens with zero attached hydrogens (tertiary/aromatic N) is 2. The first kappa shape index (κ1) is 10.7. The molecule has 1 aromatic carbocycles. The topological polar surface area (TPSA) is 16.1 Å². The van der Waals surface area contributed by atoms with Crippen LogP contribution in [0.5, 0.6) is 0 Å². The van der Waals surface area contributed by atoms with E-state index in [-0.39, 0.29) is 0 Å². The smallest absolute Gasteiger partial charge is 0.0702 e. The van der Waals surface area contributed by atoms with Crippen molar-refractivity contribution in [3.63, 3.8) is 0 Å². The van der Waals surface area contributed by atoms with Gasteiger partial charge in [0.1, 0.15) is 0 Å². The van der Waals surface area contributed by atoms with Gasteiger partial charge in [-0.3, -0.25) is 4.98 Å². The zero-order valence-electron chi connectivity index (χ0n) is 9.94. The third-order valence-electron chi connectivity index (χ3n) is 2.59. The molecular weight excluding hydrogens is 196 g/mol. The molecule has 2 nitrogen and oxygen atoms in total. The quantitative estimate of drug-likeness (QED) is 0.760. The number of rotatable bonds is 2. The number of pyridine rings is 1. The highest BCUT2D eigenvalue weighted by atomic mass is 15.1. The highest BCUT2D eigenvalue weighted by molar-refractivity contribution is 5.62. The summed E-state index contributed by atoms with van der Waals surface area (Å²) in [6.45, 7) is 2.05. The molecule has 0 radical (unpaired) electrons. The van der Waals surface area contributed by atoms with E-state index in [1.165, 1.54) is 11.3 Å². The van der Waals surface area contributed by atoms with Gasteiger partial charge >= 0.3 is 0 Å². The van der Waals surface area contributed by atoms with Crippen LogP contribution >= 0.6 is 0 Å². The van der Waals surface area contributed by atoms with Crippen LogP contribution < -0.4 is 4.90 Å². The molecule has 0 unspecified atom stereocenters. The van der Waals surface area contributed by atoms with Gasteiger partial charge in [-0.05, 0) is 30.7 Å². The summed E-state index contributed by atoms with van der Waals surface area (Å²) in [5, 5.41) is 0. The minimum absolute atomic E-state index is 1.02. The van der Waals surface area contributed by atoms with Gasteiger partial charge in [0.15, 0.2) is 0 Å². The van der Waals surface area contributed by atoms with Crippen molar-refractivity contribution in [1.82, 2.24) is 4.98 Å². The van der Waals surface area contributed by atoms with Crippen LogP contribution in [0.1, 0.15) is 5.56 Å². The molecule has 0 saturated heterocycles. The van der Waals surface area contributed by atoms with E-state index in [9.17, 15) is 0 Å². The van der Waals surface area contributed by atoms with E-state index in [1.54, 1.807) is 0 Å². The Morgan fingerprint density at radius 2 is 1.62 bits per heavy atom. The standard InChI is InChI=1S/C14H16N2/c1-11-4-9-14(15-10-11)12-5-7-13(8-6-12)16(2)3/h4-10H,1-3H3. The minimum atomic E-state index is 1.02. The second-order valence-electron chi connectivity index (χ2n) is 4.16. The van der Waals surface area contributed by atoms with Crippen LogP contribution in [0, 0.1) is 6.92 Å². The van der Waals surface area contributed by atoms with Crippen molar-refractivity contribution >= 4 is 5.69 Å². The second kappa shape index (κ2) is 4.35. The van der Waals surface area contributed by atoms with E-state index in [2.05, 4.69) is 46.3 Å². The van der Waals surface area contributed by atoms with Crippen molar-refractivity contribution in [2.75, 3.05) is 19.0 Å². The Morgan fingerprint density at radius 1 is 0.938 bits per heavy atom. The van der Waals surface area contributed by atoms with Crippen LogP contribution in [0.3, 0.4) is 0 Å². The van der Waals surface area contributed by atoms with E-state index in [4.69, 9.17) is 0 Å². The molecule has 82 valence electrons. The first-order valence-electron chi connectivity index (χ1n) is 5.37. The molecule has 0 aliphatic heterocycles. The highest BCUT2D eigenvalue weighted by Gasteiger charge is 1.99. The van der Waals surface area contributed by atoms with E-state index in [0.29, 0.717) is 0 Å². The molecule has 16 heavy (non-hydrogen) atoms. The van der Waals surface area contributed by atoms with Crippen molar-refractivity contribution < 1.29 is 0 Å². The predicted octanol–water partition coefficient (Wildman–Crippen LogP) is 3.12. The van der Waals surface area contributed by atoms with Gasteiger partial charge in [-0.1, -0.05) is 18.2 Å². The average Bonchev–Trinajstić information content (AvgIpc) is 2.30. The molecule has 0 aliphatic rings. The zero-order chi connectivity index (χ0) is 11.5. The number of benzene rings is 1. The summed E-state index contributed by atoms with van der Waals surface area (Å²) < 4.78 is 0. The number of aryl methyl sites for hydroxylation is 1. The monoisotopic (exact) mass is 212 g/mol. The summed E-state index contributed by atoms with van der Waals surface area (Å²) in [4.78, 5) is 6.50. The molecule has 0 atom stereocenters. The van der Waals surface area contributed by atoms with Crippen molar-refractivity contribution in [3.8, 4) is 11.3 Å². The number of anilines is 1. The molecule has 0 N–H and O–H groups in total. The SMILES string of the molecule is Cc1ccc(-c2ccc(N(C)C)cc2)nc1. The molecule has 2 heteroatoms. The third-order valence-corrected chi connectivity index (χ3v) is 2.59. The molecule has 0 bridgehead atoms. The summed E-state index contributed by atoms with van der Waals surface area (Å²) in [5.74, 6) is 0. The maximum atomic E-state index is 4.41. The van der Waals surface area contributed by atoms with Crippen LogP contribution in [0.15, 0.2) is 42.6 Å². The Bertz CT molecular complexity index is 455. The summed E-state index contributed by atoms with van der Waals surface area (Å²) in [5.41, 5.74) is 4.58. The third kappa shape index (κ3) is 2.22. The average molecular weight is 212 g/mol. The Morgan fingerprint density at radius 3 is 2.12 bits per heavy atom. The molecule has 0 fully saturated rings. The Balaban J connectivity index is 2.31. The van der Waals surface area contributed by atoms with Crippen LogP contribution in [-0.2, 0) is 0 Å². The van der Waals surface area contributed by atoms with Crippen molar-refractivity contribution in [1.29, 1.82) is 0 Å². The van der Waals surface area contributed by atoms with E-state index in [1.807, 2.05) is 27.2 Å². The normalized spacial score (nSPS) is 10.2. The lowest BCUT2D eigenvalue weighted by Crippen LogP contribution is -2.07. The lowest BCUT2D eigenvalue weighted by Gasteiger charge is -2.12. The first-order chi connectivity index (χ1) is 7.66. The van der Waals surface area contributed by atoms with Gasteiger partial charge in [0, 0.05) is 31.5 Å². The van der Waals surface area contributed by atoms with Gasteiger partial charge in [0.25, 0.3) is 0 Å². The lowest BCUT2D eigenvalue weighted by molar-refractivity contribution is 1.13. The Hall–Kier alpha value is -1.83. The van der Waals surface area contributed by atoms with Crippen LogP contribution in [-0.4, -0.2) is 19.1 Å². The lowest BCUT2D eigenvalue weighted by atomic mass is 10.1. The van der Waals surface area contributed by atoms with Crippen molar-refractivity contribution in [2.45, 2.75) is 6.92 Å². The van der Waals surface area contributed by atoms with Crippen LogP contribution in [0.4, 0.5) is 5.69 Å². The van der Waals surface area contributed by atoms with Gasteiger partial charge in [-0.25, -0.2) is 0 Å². The van der Waals surface area contributed by atoms with Gasteiger partial charge < -0.3 is 4.90 Å². The summed E-state index contributed by atoms with van der Waals surface area (Å²) >= 11 is 0. The van der Waals surface area contributed by atoms with Gasteiger partial charge in [0.05, 0.1) is 5.69 Å². The second-order valence-corrected chi connectivity index (χ2v) is 4.16. The number of aromatic nitrogens is 1. The van der Waals surface area contributed by atoms with Gasteiger partial charge in [-0.15, -0.1) is 0 Å². The van der Waals surface area contributed by atoms with E-state index >= 15 is 0 Å². The zero-order valence-corrected chi connectivity index (χ0v) is 9.94. The first-order valence-corrected chi connectivity index (χ1v) is 5.37. The van der Waals surface area contributed by atoms with Crippen molar-refractivity contribution in [2.24, 2.45) is 0 Å². The fraction of sp³-hybridized carbons (Fsp3) is 0.214. The Labute approximate surface area is 96.6 Å². The fourth-order valence-corrected chi connectivity index (χ4v) is 1.57. The molecule has 1 aromatic heterocycles. The summed E-state index contributed by atoms with van der Waals surface area (Å²) in [6.07, 6.45) is 1.90. The van der Waals surface area contributed by atoms with Crippen LogP contribution in [0.2, 0.25) is 0 Å². The molecule has 0 amide bonds. The maximum Gasteiger partial charge on any atom is 0.0702 e. The van der Waals surface area contributed by atoms with E-state index in [0.717, 1.165) is 11.3 Å². The summed E-state index contributed by atoms with van der Waals surface area (Å²) in [6, 6.07) is 12.6. The largest absolute Gasteiger partial charge is 0.378 e. The van der Waals surface area contributed by atoms with Gasteiger partial charge in [-0.2, -0.15) is 0 Å². The molecular formula is C14H16N2. The predicted molar refractivity (Wildman–Crippen MR) is 68.7 cm³/mol. The van der Waals surface area contributed by atoms with E-state index < -0.39 is 0 Å². The highest BCUT2D eigenvalue weighted by Crippen LogP contribution is 2.20. The molecule has 0 spiro atoms. The molecule has 2 rings (SSSR count).